The molecule has 4 rings (SSSR count). The van der Waals surface area contributed by atoms with E-state index in [-0.39, 0.29) is 17.9 Å². The van der Waals surface area contributed by atoms with Gasteiger partial charge in [0.25, 0.3) is 0 Å². The molecule has 2 saturated heterocycles. The minimum atomic E-state index is -0.211. The summed E-state index contributed by atoms with van der Waals surface area (Å²) in [5.74, 6) is -0.320. The number of hydrogen-bond donors (Lipinski definition) is 1. The summed E-state index contributed by atoms with van der Waals surface area (Å²) in [6, 6.07) is 6.07. The number of carbonyl (C=O) groups is 2. The van der Waals surface area contributed by atoms with Crippen LogP contribution in [0.15, 0.2) is 23.3 Å². The number of amides is 2. The van der Waals surface area contributed by atoms with Crippen LogP contribution in [0.5, 0.6) is 0 Å². The van der Waals surface area contributed by atoms with Crippen LogP contribution < -0.4 is 5.32 Å². The lowest BCUT2D eigenvalue weighted by Crippen LogP contribution is -2.50. The van der Waals surface area contributed by atoms with Crippen LogP contribution in [0.4, 0.5) is 0 Å². The first kappa shape index (κ1) is 16.3. The van der Waals surface area contributed by atoms with Crippen molar-refractivity contribution in [3.05, 3.63) is 34.9 Å². The number of fused-ring (bicyclic) bond motifs is 1. The number of nitrogens with zero attached hydrogens (tertiary/aromatic N) is 3. The van der Waals surface area contributed by atoms with Gasteiger partial charge in [0, 0.05) is 32.6 Å². The van der Waals surface area contributed by atoms with E-state index in [1.54, 1.807) is 0 Å². The number of rotatable bonds is 3. The van der Waals surface area contributed by atoms with Gasteiger partial charge >= 0.3 is 0 Å². The summed E-state index contributed by atoms with van der Waals surface area (Å²) < 4.78 is 0. The van der Waals surface area contributed by atoms with Crippen LogP contribution in [0.25, 0.3) is 0 Å². The number of piperidine rings is 2. The molecule has 0 aromatic heterocycles. The zero-order valence-electron chi connectivity index (χ0n) is 14.4. The third-order valence-corrected chi connectivity index (χ3v) is 5.39. The van der Waals surface area contributed by atoms with Crippen molar-refractivity contribution in [3.8, 4) is 0 Å². The van der Waals surface area contributed by atoms with Crippen molar-refractivity contribution in [1.29, 1.82) is 0 Å². The molecule has 1 unspecified atom stereocenters. The van der Waals surface area contributed by atoms with E-state index in [0.29, 0.717) is 12.8 Å². The van der Waals surface area contributed by atoms with E-state index in [9.17, 15) is 9.59 Å². The van der Waals surface area contributed by atoms with Crippen LogP contribution in [0.1, 0.15) is 48.8 Å². The average Bonchev–Trinajstić information content (AvgIpc) is 3.05. The molecule has 2 fully saturated rings. The van der Waals surface area contributed by atoms with E-state index < -0.39 is 0 Å². The van der Waals surface area contributed by atoms with Crippen molar-refractivity contribution in [1.82, 2.24) is 15.2 Å². The molecule has 3 aliphatic heterocycles. The minimum absolute atomic E-state index is 0.160. The predicted molar refractivity (Wildman–Crippen MR) is 94.9 cm³/mol. The second kappa shape index (κ2) is 6.96. The number of hydrogen-bond acceptors (Lipinski definition) is 5. The van der Waals surface area contributed by atoms with Crippen LogP contribution in [-0.2, 0) is 22.7 Å². The molecular formula is C19H24N4O2. The Kier molecular flexibility index (Phi) is 4.53. The molecule has 1 aromatic rings. The van der Waals surface area contributed by atoms with E-state index in [2.05, 4.69) is 38.5 Å². The topological polar surface area (TPSA) is 65.0 Å². The molecule has 0 spiro atoms. The molecule has 0 saturated carbocycles. The van der Waals surface area contributed by atoms with Crippen molar-refractivity contribution in [2.45, 2.75) is 51.2 Å². The molecular weight excluding hydrogens is 316 g/mol. The molecule has 25 heavy (non-hydrogen) atoms. The smallest absolute Gasteiger partial charge is 0.243 e. The maximum atomic E-state index is 12.2. The van der Waals surface area contributed by atoms with Gasteiger partial charge in [-0.05, 0) is 42.4 Å². The molecule has 6 nitrogen and oxygen atoms in total. The third kappa shape index (κ3) is 3.44. The molecule has 6 heteroatoms. The summed E-state index contributed by atoms with van der Waals surface area (Å²) in [5, 5.41) is 9.27. The first-order chi connectivity index (χ1) is 12.2. The fraction of sp³-hybridized carbons (Fsp3) is 0.526. The SMILES string of the molecule is O=C1CCC(N2Cc3cccc(/C=N/N4CCCCC4)c3C2)C(=O)N1. The third-order valence-electron chi connectivity index (χ3n) is 5.39. The molecule has 2 amide bonds. The van der Waals surface area contributed by atoms with Gasteiger partial charge in [0.2, 0.25) is 11.8 Å². The largest absolute Gasteiger partial charge is 0.297 e. The highest BCUT2D eigenvalue weighted by Crippen LogP contribution is 2.29. The van der Waals surface area contributed by atoms with Crippen molar-refractivity contribution in [2.75, 3.05) is 13.1 Å². The molecule has 0 bridgehead atoms. The Bertz CT molecular complexity index is 709. The summed E-state index contributed by atoms with van der Waals surface area (Å²) in [7, 11) is 0. The Labute approximate surface area is 147 Å². The highest BCUT2D eigenvalue weighted by molar-refractivity contribution is 6.00. The van der Waals surface area contributed by atoms with Crippen molar-refractivity contribution >= 4 is 18.0 Å². The number of nitrogens with one attached hydrogen (secondary N) is 1. The number of carbonyl (C=O) groups excluding carboxylic acids is 2. The Morgan fingerprint density at radius 1 is 1.12 bits per heavy atom. The van der Waals surface area contributed by atoms with E-state index in [1.165, 1.54) is 30.4 Å². The Hall–Kier alpha value is -2.21. The average molecular weight is 340 g/mol. The Morgan fingerprint density at radius 3 is 2.76 bits per heavy atom. The second-order valence-corrected chi connectivity index (χ2v) is 7.12. The summed E-state index contributed by atoms with van der Waals surface area (Å²) in [5.41, 5.74) is 3.65. The maximum Gasteiger partial charge on any atom is 0.243 e. The summed E-state index contributed by atoms with van der Waals surface area (Å²) in [6.07, 6.45) is 6.73. The molecule has 1 atom stereocenters. The molecule has 0 radical (unpaired) electrons. The highest BCUT2D eigenvalue weighted by Gasteiger charge is 2.35. The lowest BCUT2D eigenvalue weighted by atomic mass is 10.0. The number of imide groups is 1. The van der Waals surface area contributed by atoms with E-state index in [4.69, 9.17) is 0 Å². The van der Waals surface area contributed by atoms with Crippen molar-refractivity contribution in [2.24, 2.45) is 5.10 Å². The molecule has 3 heterocycles. The van der Waals surface area contributed by atoms with Gasteiger partial charge < -0.3 is 0 Å². The molecule has 1 aromatic carbocycles. The van der Waals surface area contributed by atoms with Crippen molar-refractivity contribution in [3.63, 3.8) is 0 Å². The quantitative estimate of drug-likeness (QED) is 0.671. The monoisotopic (exact) mass is 340 g/mol. The van der Waals surface area contributed by atoms with Gasteiger partial charge in [-0.25, -0.2) is 0 Å². The lowest BCUT2D eigenvalue weighted by Gasteiger charge is -2.29. The Balaban J connectivity index is 1.48. The first-order valence-electron chi connectivity index (χ1n) is 9.18. The molecule has 132 valence electrons. The van der Waals surface area contributed by atoms with E-state index in [1.807, 2.05) is 6.21 Å². The van der Waals surface area contributed by atoms with E-state index in [0.717, 1.165) is 31.7 Å². The van der Waals surface area contributed by atoms with Gasteiger partial charge in [-0.2, -0.15) is 5.10 Å². The van der Waals surface area contributed by atoms with Crippen LogP contribution in [0.2, 0.25) is 0 Å². The van der Waals surface area contributed by atoms with Crippen LogP contribution in [0, 0.1) is 0 Å². The molecule has 0 aliphatic carbocycles. The van der Waals surface area contributed by atoms with Crippen LogP contribution >= 0.6 is 0 Å². The van der Waals surface area contributed by atoms with Gasteiger partial charge in [0.15, 0.2) is 0 Å². The van der Waals surface area contributed by atoms with Gasteiger partial charge in [-0.1, -0.05) is 18.2 Å². The van der Waals surface area contributed by atoms with E-state index >= 15 is 0 Å². The van der Waals surface area contributed by atoms with Gasteiger partial charge in [-0.3, -0.25) is 24.8 Å². The van der Waals surface area contributed by atoms with Crippen LogP contribution in [-0.4, -0.2) is 47.1 Å². The zero-order valence-corrected chi connectivity index (χ0v) is 14.4. The zero-order chi connectivity index (χ0) is 17.2. The normalized spacial score (nSPS) is 24.6. The van der Waals surface area contributed by atoms with Gasteiger partial charge in [0.05, 0.1) is 12.3 Å². The first-order valence-corrected chi connectivity index (χ1v) is 9.18. The highest BCUT2D eigenvalue weighted by atomic mass is 16.2. The van der Waals surface area contributed by atoms with Crippen LogP contribution in [0.3, 0.4) is 0 Å². The maximum absolute atomic E-state index is 12.2. The second-order valence-electron chi connectivity index (χ2n) is 7.12. The summed E-state index contributed by atoms with van der Waals surface area (Å²) >= 11 is 0. The van der Waals surface area contributed by atoms with Crippen molar-refractivity contribution < 1.29 is 9.59 Å². The summed E-state index contributed by atoms with van der Waals surface area (Å²) in [6.45, 7) is 3.57. The number of hydrazone groups is 1. The number of benzene rings is 1. The molecule has 3 aliphatic rings. The fourth-order valence-corrected chi connectivity index (χ4v) is 3.98. The van der Waals surface area contributed by atoms with Gasteiger partial charge in [0.1, 0.15) is 0 Å². The van der Waals surface area contributed by atoms with Gasteiger partial charge in [-0.15, -0.1) is 0 Å². The lowest BCUT2D eigenvalue weighted by molar-refractivity contribution is -0.137. The summed E-state index contributed by atoms with van der Waals surface area (Å²) in [4.78, 5) is 25.7. The Morgan fingerprint density at radius 2 is 1.96 bits per heavy atom. The molecule has 1 N–H and O–H groups in total. The standard InChI is InChI=1S/C19H24N4O2/c24-18-8-7-17(19(25)21-18)22-12-15-6-4-5-14(16(15)13-22)11-20-23-9-2-1-3-10-23/h4-6,11,17H,1-3,7-10,12-13H2,(H,21,24,25)/b20-11+. The predicted octanol–water partition coefficient (Wildman–Crippen LogP) is 1.63. The minimum Gasteiger partial charge on any atom is -0.297 e. The fourth-order valence-electron chi connectivity index (χ4n) is 3.98.